The predicted molar refractivity (Wildman–Crippen MR) is 81.2 cm³/mol. The molecule has 1 aromatic carbocycles. The van der Waals surface area contributed by atoms with Gasteiger partial charge in [0, 0.05) is 13.6 Å². The summed E-state index contributed by atoms with van der Waals surface area (Å²) in [4.78, 5) is 24.7. The maximum atomic E-state index is 12.7. The molecule has 0 saturated heterocycles. The number of carbonyl (C=O) groups is 2. The van der Waals surface area contributed by atoms with E-state index in [1.54, 1.807) is 26.1 Å². The van der Waals surface area contributed by atoms with E-state index in [9.17, 15) is 14.0 Å². The third-order valence-electron chi connectivity index (χ3n) is 3.24. The van der Waals surface area contributed by atoms with Crippen molar-refractivity contribution in [2.45, 2.75) is 19.4 Å². The molecule has 0 fully saturated rings. The first-order valence-corrected chi connectivity index (χ1v) is 7.05. The number of nitrogens with zero attached hydrogens (tertiary/aromatic N) is 1. The van der Waals surface area contributed by atoms with Gasteiger partial charge in [0.2, 0.25) is 5.91 Å². The van der Waals surface area contributed by atoms with Crippen molar-refractivity contribution in [1.82, 2.24) is 15.5 Å². The fourth-order valence-electron chi connectivity index (χ4n) is 1.71. The van der Waals surface area contributed by atoms with Crippen molar-refractivity contribution in [3.63, 3.8) is 0 Å². The van der Waals surface area contributed by atoms with Crippen LogP contribution < -0.4 is 15.4 Å². The van der Waals surface area contributed by atoms with Crippen LogP contribution in [0.25, 0.3) is 0 Å². The Hall–Kier alpha value is -2.15. The molecule has 0 heterocycles. The van der Waals surface area contributed by atoms with Crippen molar-refractivity contribution in [2.75, 3.05) is 27.2 Å². The van der Waals surface area contributed by atoms with Gasteiger partial charge in [0.05, 0.1) is 12.6 Å². The van der Waals surface area contributed by atoms with Crippen molar-refractivity contribution < 1.29 is 18.7 Å². The maximum absolute atomic E-state index is 12.7. The first kappa shape index (κ1) is 17.9. The minimum Gasteiger partial charge on any atom is -0.494 e. The largest absolute Gasteiger partial charge is 0.494 e. The van der Waals surface area contributed by atoms with Gasteiger partial charge in [-0.05, 0) is 44.7 Å². The van der Waals surface area contributed by atoms with Crippen molar-refractivity contribution in [2.24, 2.45) is 0 Å². The van der Waals surface area contributed by atoms with Crippen LogP contribution in [0.1, 0.15) is 13.3 Å². The Morgan fingerprint density at radius 1 is 1.32 bits per heavy atom. The van der Waals surface area contributed by atoms with E-state index in [1.165, 1.54) is 19.2 Å². The second kappa shape index (κ2) is 8.99. The molecule has 0 bridgehead atoms. The standard InChI is InChI=1S/C15H22FN3O3/c1-11(14(20)18-15(21)17-2)19(3)9-4-10-22-13-7-5-12(16)6-8-13/h5-8,11H,4,9-10H2,1-3H3,(H2,17,18,20,21)/t11-/m1/s1. The van der Waals surface area contributed by atoms with E-state index in [2.05, 4.69) is 10.6 Å². The summed E-state index contributed by atoms with van der Waals surface area (Å²) >= 11 is 0. The van der Waals surface area contributed by atoms with E-state index >= 15 is 0 Å². The van der Waals surface area contributed by atoms with Gasteiger partial charge >= 0.3 is 6.03 Å². The van der Waals surface area contributed by atoms with E-state index in [-0.39, 0.29) is 11.7 Å². The Kier molecular flexibility index (Phi) is 7.31. The van der Waals surface area contributed by atoms with Crippen LogP contribution in [0.4, 0.5) is 9.18 Å². The highest BCUT2D eigenvalue weighted by atomic mass is 19.1. The number of benzene rings is 1. The van der Waals surface area contributed by atoms with Crippen LogP contribution >= 0.6 is 0 Å². The summed E-state index contributed by atoms with van der Waals surface area (Å²) in [5.74, 6) is -0.0567. The van der Waals surface area contributed by atoms with Crippen LogP contribution in [0.15, 0.2) is 24.3 Å². The molecule has 3 amide bonds. The van der Waals surface area contributed by atoms with Crippen LogP contribution in [0, 0.1) is 5.82 Å². The second-order valence-corrected chi connectivity index (χ2v) is 4.88. The Morgan fingerprint density at radius 2 is 1.95 bits per heavy atom. The first-order chi connectivity index (χ1) is 10.4. The highest BCUT2D eigenvalue weighted by Gasteiger charge is 2.19. The molecule has 6 nitrogen and oxygen atoms in total. The monoisotopic (exact) mass is 311 g/mol. The van der Waals surface area contributed by atoms with Crippen LogP contribution in [-0.2, 0) is 4.79 Å². The van der Waals surface area contributed by atoms with E-state index < -0.39 is 12.1 Å². The molecule has 22 heavy (non-hydrogen) atoms. The molecule has 0 aliphatic carbocycles. The number of rotatable bonds is 7. The fourth-order valence-corrected chi connectivity index (χ4v) is 1.71. The summed E-state index contributed by atoms with van der Waals surface area (Å²) in [5, 5.41) is 4.56. The molecular weight excluding hydrogens is 289 g/mol. The molecular formula is C15H22FN3O3. The number of nitrogens with one attached hydrogen (secondary N) is 2. The number of carbonyl (C=O) groups excluding carboxylic acids is 2. The van der Waals surface area contributed by atoms with Gasteiger partial charge < -0.3 is 10.1 Å². The van der Waals surface area contributed by atoms with Crippen molar-refractivity contribution in [3.8, 4) is 5.75 Å². The van der Waals surface area contributed by atoms with Gasteiger partial charge in [0.15, 0.2) is 0 Å². The highest BCUT2D eigenvalue weighted by Crippen LogP contribution is 2.11. The number of hydrogen-bond acceptors (Lipinski definition) is 4. The number of amides is 3. The molecule has 1 rings (SSSR count). The zero-order valence-corrected chi connectivity index (χ0v) is 13.1. The fraction of sp³-hybridized carbons (Fsp3) is 0.467. The van der Waals surface area contributed by atoms with Crippen LogP contribution in [0.2, 0.25) is 0 Å². The molecule has 0 radical (unpaired) electrons. The van der Waals surface area contributed by atoms with Crippen molar-refractivity contribution in [1.29, 1.82) is 0 Å². The lowest BCUT2D eigenvalue weighted by molar-refractivity contribution is -0.124. The molecule has 0 saturated carbocycles. The summed E-state index contributed by atoms with van der Waals surface area (Å²) < 4.78 is 18.2. The van der Waals surface area contributed by atoms with Crippen LogP contribution in [0.5, 0.6) is 5.75 Å². The SMILES string of the molecule is CNC(=O)NC(=O)[C@@H](C)N(C)CCCOc1ccc(F)cc1. The smallest absolute Gasteiger partial charge is 0.321 e. The summed E-state index contributed by atoms with van der Waals surface area (Å²) in [6.07, 6.45) is 0.700. The van der Waals surface area contributed by atoms with Crippen molar-refractivity contribution >= 4 is 11.9 Å². The molecule has 7 heteroatoms. The Bertz CT molecular complexity index is 493. The summed E-state index contributed by atoms with van der Waals surface area (Å²) in [5.41, 5.74) is 0. The topological polar surface area (TPSA) is 70.7 Å². The Morgan fingerprint density at radius 3 is 2.55 bits per heavy atom. The zero-order valence-electron chi connectivity index (χ0n) is 13.1. The van der Waals surface area contributed by atoms with Gasteiger partial charge in [0.25, 0.3) is 0 Å². The van der Waals surface area contributed by atoms with E-state index in [0.29, 0.717) is 25.3 Å². The van der Waals surface area contributed by atoms with Gasteiger partial charge in [-0.1, -0.05) is 0 Å². The highest BCUT2D eigenvalue weighted by molar-refractivity contribution is 5.96. The Labute approximate surface area is 129 Å². The zero-order chi connectivity index (χ0) is 16.5. The van der Waals surface area contributed by atoms with Gasteiger partial charge in [0.1, 0.15) is 11.6 Å². The molecule has 1 aromatic rings. The predicted octanol–water partition coefficient (Wildman–Crippen LogP) is 1.37. The van der Waals surface area contributed by atoms with E-state index in [0.717, 1.165) is 0 Å². The van der Waals surface area contributed by atoms with Gasteiger partial charge in [-0.15, -0.1) is 0 Å². The summed E-state index contributed by atoms with van der Waals surface area (Å²) in [6.45, 7) is 2.81. The third kappa shape index (κ3) is 6.09. The van der Waals surface area contributed by atoms with Crippen LogP contribution in [0.3, 0.4) is 0 Å². The molecule has 2 N–H and O–H groups in total. The number of imide groups is 1. The lowest BCUT2D eigenvalue weighted by Crippen LogP contribution is -2.48. The van der Waals surface area contributed by atoms with Crippen LogP contribution in [-0.4, -0.2) is 50.1 Å². The summed E-state index contributed by atoms with van der Waals surface area (Å²) in [7, 11) is 3.25. The van der Waals surface area contributed by atoms with E-state index in [4.69, 9.17) is 4.74 Å². The molecule has 0 unspecified atom stereocenters. The quantitative estimate of drug-likeness (QED) is 0.746. The lowest BCUT2D eigenvalue weighted by Gasteiger charge is -2.23. The minimum atomic E-state index is -0.523. The molecule has 0 aliphatic rings. The lowest BCUT2D eigenvalue weighted by atomic mass is 10.2. The number of halogens is 1. The number of urea groups is 1. The first-order valence-electron chi connectivity index (χ1n) is 7.05. The average molecular weight is 311 g/mol. The minimum absolute atomic E-state index is 0.303. The molecule has 1 atom stereocenters. The second-order valence-electron chi connectivity index (χ2n) is 4.88. The molecule has 0 spiro atoms. The normalized spacial score (nSPS) is 11.9. The van der Waals surface area contributed by atoms with Crippen molar-refractivity contribution in [3.05, 3.63) is 30.1 Å². The number of likely N-dealkylation sites (N-methyl/N-ethyl adjacent to an activating group) is 1. The molecule has 122 valence electrons. The molecule has 0 aromatic heterocycles. The number of hydrogen-bond donors (Lipinski definition) is 2. The molecule has 0 aliphatic heterocycles. The van der Waals surface area contributed by atoms with Gasteiger partial charge in [-0.25, -0.2) is 9.18 Å². The van der Waals surface area contributed by atoms with Gasteiger partial charge in [-0.3, -0.25) is 15.0 Å². The average Bonchev–Trinajstić information content (AvgIpc) is 2.51. The third-order valence-corrected chi connectivity index (χ3v) is 3.24. The summed E-state index contributed by atoms with van der Waals surface area (Å²) in [6, 6.07) is 4.86. The number of ether oxygens (including phenoxy) is 1. The Balaban J connectivity index is 2.27. The van der Waals surface area contributed by atoms with Gasteiger partial charge in [-0.2, -0.15) is 0 Å². The maximum Gasteiger partial charge on any atom is 0.321 e. The van der Waals surface area contributed by atoms with E-state index in [1.807, 2.05) is 4.90 Å².